The number of benzene rings is 3. The van der Waals surface area contributed by atoms with Crippen molar-refractivity contribution in [1.29, 1.82) is 0 Å². The number of aromatic nitrogens is 2. The molecule has 0 radical (unpaired) electrons. The van der Waals surface area contributed by atoms with E-state index in [-0.39, 0.29) is 11.6 Å². The minimum Gasteiger partial charge on any atom is -0.478 e. The molecule has 0 amide bonds. The molecule has 8 heteroatoms. The van der Waals surface area contributed by atoms with E-state index in [0.717, 1.165) is 43.0 Å². The lowest BCUT2D eigenvalue weighted by Crippen LogP contribution is -2.33. The number of carboxylic acids is 1. The van der Waals surface area contributed by atoms with Crippen LogP contribution in [0.5, 0.6) is 0 Å². The first-order chi connectivity index (χ1) is 17.8. The molecule has 0 saturated heterocycles. The second-order valence-corrected chi connectivity index (χ2v) is 10.2. The van der Waals surface area contributed by atoms with Gasteiger partial charge in [-0.3, -0.25) is 0 Å². The largest absolute Gasteiger partial charge is 0.478 e. The molecule has 1 N–H and O–H groups in total. The Hall–Kier alpha value is -3.45. The maximum Gasteiger partial charge on any atom is 0.335 e. The number of nitrogens with zero attached hydrogens (tertiary/aromatic N) is 3. The Bertz CT molecular complexity index is 1410. The van der Waals surface area contributed by atoms with E-state index < -0.39 is 17.6 Å². The van der Waals surface area contributed by atoms with Crippen molar-refractivity contribution >= 4 is 34.3 Å². The molecule has 1 heterocycles. The van der Waals surface area contributed by atoms with Crippen molar-refractivity contribution < 1.29 is 18.7 Å². The van der Waals surface area contributed by atoms with Gasteiger partial charge in [-0.25, -0.2) is 18.6 Å². The molecule has 0 spiro atoms. The van der Waals surface area contributed by atoms with Crippen molar-refractivity contribution in [2.24, 2.45) is 5.92 Å². The number of hydrogen-bond donors (Lipinski definition) is 1. The number of carbonyl (C=O) groups is 1. The topological polar surface area (TPSA) is 58.4 Å². The number of rotatable bonds is 7. The van der Waals surface area contributed by atoms with Gasteiger partial charge < -0.3 is 14.6 Å². The number of likely N-dealkylation sites (N-methyl/N-ethyl adjacent to an activating group) is 1. The molecule has 3 aromatic carbocycles. The first-order valence-corrected chi connectivity index (χ1v) is 12.9. The molecule has 1 atom stereocenters. The van der Waals surface area contributed by atoms with E-state index in [0.29, 0.717) is 34.3 Å². The van der Waals surface area contributed by atoms with E-state index >= 15 is 0 Å². The van der Waals surface area contributed by atoms with Crippen LogP contribution in [-0.4, -0.2) is 34.2 Å². The fraction of sp³-hybridized carbons (Fsp3) is 0.310. The highest BCUT2D eigenvalue weighted by molar-refractivity contribution is 6.30. The van der Waals surface area contributed by atoms with Gasteiger partial charge in [0.1, 0.15) is 5.82 Å². The number of hydrogen-bond acceptors (Lipinski definition) is 3. The molecule has 1 aromatic heterocycles. The maximum atomic E-state index is 14.5. The van der Waals surface area contributed by atoms with Crippen molar-refractivity contribution in [3.8, 4) is 11.4 Å². The zero-order valence-electron chi connectivity index (χ0n) is 20.5. The molecule has 1 aliphatic rings. The average Bonchev–Trinajstić information content (AvgIpc) is 3.26. The van der Waals surface area contributed by atoms with Crippen LogP contribution in [0, 0.1) is 17.6 Å². The number of carboxylic acid groups (broad SMARTS) is 1. The zero-order valence-corrected chi connectivity index (χ0v) is 21.3. The molecule has 0 aliphatic heterocycles. The first kappa shape index (κ1) is 25.2. The standard InChI is InChI=1S/C29H28ClF2N3O2/c1-34(22-13-9-20(10-14-22)29(36)37)17-27(18-5-3-2-4-6-18)35-26-16-24(32)23(31)15-25(26)33-28(35)19-7-11-21(30)12-8-19/h7-16,18,27H,2-6,17H2,1H3,(H,36,37). The normalized spacial score (nSPS) is 15.1. The SMILES string of the molecule is CN(CC(C1CCCCC1)n1c(-c2ccc(Cl)cc2)nc2cc(F)c(F)cc21)c1ccc(C(=O)O)cc1. The van der Waals surface area contributed by atoms with Crippen LogP contribution in [0.3, 0.4) is 0 Å². The van der Waals surface area contributed by atoms with Crippen LogP contribution < -0.4 is 4.90 Å². The number of fused-ring (bicyclic) bond motifs is 1. The van der Waals surface area contributed by atoms with Crippen LogP contribution >= 0.6 is 11.6 Å². The molecule has 1 saturated carbocycles. The summed E-state index contributed by atoms with van der Waals surface area (Å²) in [5.41, 5.74) is 2.87. The third kappa shape index (κ3) is 5.18. The van der Waals surface area contributed by atoms with E-state index in [2.05, 4.69) is 9.47 Å². The van der Waals surface area contributed by atoms with Gasteiger partial charge in [-0.15, -0.1) is 0 Å². The number of anilines is 1. The molecule has 5 nitrogen and oxygen atoms in total. The van der Waals surface area contributed by atoms with Gasteiger partial charge in [-0.1, -0.05) is 30.9 Å². The van der Waals surface area contributed by atoms with Gasteiger partial charge in [0.05, 0.1) is 22.6 Å². The van der Waals surface area contributed by atoms with Gasteiger partial charge in [0.15, 0.2) is 11.6 Å². The van der Waals surface area contributed by atoms with Gasteiger partial charge in [0.2, 0.25) is 0 Å². The minimum atomic E-state index is -0.971. The molecular formula is C29H28ClF2N3O2. The van der Waals surface area contributed by atoms with Crippen molar-refractivity contribution in [2.45, 2.75) is 38.1 Å². The minimum absolute atomic E-state index is 0.0787. The molecule has 0 bridgehead atoms. The molecule has 1 fully saturated rings. The Morgan fingerprint density at radius 1 is 1.05 bits per heavy atom. The Morgan fingerprint density at radius 3 is 2.35 bits per heavy atom. The Labute approximate surface area is 219 Å². The summed E-state index contributed by atoms with van der Waals surface area (Å²) in [6.07, 6.45) is 5.47. The molecular weight excluding hydrogens is 496 g/mol. The zero-order chi connectivity index (χ0) is 26.1. The molecule has 4 aromatic rings. The van der Waals surface area contributed by atoms with Crippen LogP contribution in [0.15, 0.2) is 60.7 Å². The molecule has 192 valence electrons. The highest BCUT2D eigenvalue weighted by atomic mass is 35.5. The van der Waals surface area contributed by atoms with Crippen LogP contribution in [-0.2, 0) is 0 Å². The van der Waals surface area contributed by atoms with Crippen molar-refractivity contribution in [3.63, 3.8) is 0 Å². The van der Waals surface area contributed by atoms with E-state index in [4.69, 9.17) is 16.6 Å². The summed E-state index contributed by atoms with van der Waals surface area (Å²) in [5.74, 6) is -1.85. The van der Waals surface area contributed by atoms with E-state index in [9.17, 15) is 18.7 Å². The van der Waals surface area contributed by atoms with Gasteiger partial charge >= 0.3 is 5.97 Å². The molecule has 1 unspecified atom stereocenters. The lowest BCUT2D eigenvalue weighted by Gasteiger charge is -2.36. The summed E-state index contributed by atoms with van der Waals surface area (Å²) in [5, 5.41) is 9.86. The number of imidazole rings is 1. The third-order valence-electron chi connectivity index (χ3n) is 7.38. The van der Waals surface area contributed by atoms with Crippen molar-refractivity contribution in [2.75, 3.05) is 18.5 Å². The second kappa shape index (κ2) is 10.5. The number of aromatic carboxylic acids is 1. The molecule has 5 rings (SSSR count). The quantitative estimate of drug-likeness (QED) is 0.271. The lowest BCUT2D eigenvalue weighted by molar-refractivity contribution is 0.0697. The summed E-state index contributed by atoms with van der Waals surface area (Å²) < 4.78 is 30.8. The van der Waals surface area contributed by atoms with Crippen LogP contribution in [0.4, 0.5) is 14.5 Å². The van der Waals surface area contributed by atoms with Gasteiger partial charge in [0.25, 0.3) is 0 Å². The highest BCUT2D eigenvalue weighted by Gasteiger charge is 2.31. The van der Waals surface area contributed by atoms with E-state index in [1.165, 1.54) is 12.5 Å². The summed E-state index contributed by atoms with van der Waals surface area (Å²) >= 11 is 6.14. The Balaban J connectivity index is 1.63. The van der Waals surface area contributed by atoms with Gasteiger partial charge in [-0.2, -0.15) is 0 Å². The monoisotopic (exact) mass is 523 g/mol. The predicted octanol–water partition coefficient (Wildman–Crippen LogP) is 7.59. The average molecular weight is 524 g/mol. The predicted molar refractivity (Wildman–Crippen MR) is 142 cm³/mol. The molecule has 1 aliphatic carbocycles. The van der Waals surface area contributed by atoms with E-state index in [1.807, 2.05) is 19.2 Å². The number of halogens is 3. The Kier molecular flexibility index (Phi) is 7.15. The summed E-state index contributed by atoms with van der Waals surface area (Å²) in [4.78, 5) is 18.2. The Morgan fingerprint density at radius 2 is 1.70 bits per heavy atom. The third-order valence-corrected chi connectivity index (χ3v) is 7.63. The van der Waals surface area contributed by atoms with Crippen LogP contribution in [0.2, 0.25) is 5.02 Å². The molecule has 37 heavy (non-hydrogen) atoms. The second-order valence-electron chi connectivity index (χ2n) is 9.77. The lowest BCUT2D eigenvalue weighted by atomic mass is 9.83. The van der Waals surface area contributed by atoms with Gasteiger partial charge in [-0.05, 0) is 67.3 Å². The fourth-order valence-electron chi connectivity index (χ4n) is 5.43. The summed E-state index contributed by atoms with van der Waals surface area (Å²) in [6.45, 7) is 0.585. The summed E-state index contributed by atoms with van der Waals surface area (Å²) in [7, 11) is 1.97. The smallest absolute Gasteiger partial charge is 0.335 e. The van der Waals surface area contributed by atoms with Crippen molar-refractivity contribution in [1.82, 2.24) is 9.55 Å². The first-order valence-electron chi connectivity index (χ1n) is 12.5. The highest BCUT2D eigenvalue weighted by Crippen LogP contribution is 2.39. The summed E-state index contributed by atoms with van der Waals surface area (Å²) in [6, 6.07) is 16.4. The van der Waals surface area contributed by atoms with Crippen molar-refractivity contribution in [3.05, 3.63) is 82.9 Å². The fourth-order valence-corrected chi connectivity index (χ4v) is 5.56. The van der Waals surface area contributed by atoms with E-state index in [1.54, 1.807) is 36.4 Å². The van der Waals surface area contributed by atoms with Crippen LogP contribution in [0.1, 0.15) is 48.5 Å². The van der Waals surface area contributed by atoms with Gasteiger partial charge in [0, 0.05) is 42.0 Å². The van der Waals surface area contributed by atoms with Crippen LogP contribution in [0.25, 0.3) is 22.4 Å². The maximum absolute atomic E-state index is 14.5.